The van der Waals surface area contributed by atoms with Gasteiger partial charge < -0.3 is 10.1 Å². The molecule has 0 amide bonds. The zero-order chi connectivity index (χ0) is 14.5. The van der Waals surface area contributed by atoms with E-state index in [0.29, 0.717) is 29.5 Å². The Kier molecular flexibility index (Phi) is 5.10. The molecule has 0 saturated carbocycles. The first-order chi connectivity index (χ1) is 9.61. The molecular formula is C15H14Cl2FNO. The van der Waals surface area contributed by atoms with Crippen molar-refractivity contribution in [1.29, 1.82) is 0 Å². The summed E-state index contributed by atoms with van der Waals surface area (Å²) in [6, 6.07) is 10.2. The van der Waals surface area contributed by atoms with Gasteiger partial charge in [0.2, 0.25) is 0 Å². The second-order valence-electron chi connectivity index (χ2n) is 4.14. The molecule has 0 spiro atoms. The number of anilines is 1. The van der Waals surface area contributed by atoms with Gasteiger partial charge in [-0.3, -0.25) is 0 Å². The van der Waals surface area contributed by atoms with Gasteiger partial charge in [-0.25, -0.2) is 4.39 Å². The molecule has 0 aliphatic carbocycles. The van der Waals surface area contributed by atoms with Gasteiger partial charge in [0.15, 0.2) is 0 Å². The third-order valence-corrected chi connectivity index (χ3v) is 3.27. The van der Waals surface area contributed by atoms with E-state index in [1.807, 2.05) is 6.92 Å². The van der Waals surface area contributed by atoms with Crippen molar-refractivity contribution >= 4 is 28.9 Å². The van der Waals surface area contributed by atoms with E-state index >= 15 is 0 Å². The van der Waals surface area contributed by atoms with Crippen molar-refractivity contribution in [3.63, 3.8) is 0 Å². The molecule has 0 unspecified atom stereocenters. The standard InChI is InChI=1S/C15H14Cl2FNO/c1-2-20-14-7-6-11(16)8-13(14)19-9-10-4-3-5-12(17)15(10)18/h3-8,19H,2,9H2,1H3. The Hall–Kier alpha value is -1.45. The molecule has 5 heteroatoms. The highest BCUT2D eigenvalue weighted by Gasteiger charge is 2.08. The molecule has 0 fully saturated rings. The van der Waals surface area contributed by atoms with Gasteiger partial charge in [-0.2, -0.15) is 0 Å². The highest BCUT2D eigenvalue weighted by atomic mass is 35.5. The molecule has 2 aromatic carbocycles. The summed E-state index contributed by atoms with van der Waals surface area (Å²) < 4.78 is 19.3. The van der Waals surface area contributed by atoms with Crippen LogP contribution in [0.15, 0.2) is 36.4 Å². The normalized spacial score (nSPS) is 10.4. The van der Waals surface area contributed by atoms with Gasteiger partial charge in [0.1, 0.15) is 11.6 Å². The zero-order valence-electron chi connectivity index (χ0n) is 10.9. The Morgan fingerprint density at radius 1 is 1.20 bits per heavy atom. The van der Waals surface area contributed by atoms with Crippen molar-refractivity contribution in [3.8, 4) is 5.75 Å². The molecule has 106 valence electrons. The number of hydrogen-bond acceptors (Lipinski definition) is 2. The van der Waals surface area contributed by atoms with E-state index in [9.17, 15) is 4.39 Å². The molecule has 0 aliphatic heterocycles. The number of halogens is 3. The van der Waals surface area contributed by atoms with Crippen molar-refractivity contribution in [2.45, 2.75) is 13.5 Å². The molecule has 0 bridgehead atoms. The Bertz CT molecular complexity index is 604. The van der Waals surface area contributed by atoms with E-state index in [1.54, 1.807) is 30.3 Å². The smallest absolute Gasteiger partial charge is 0.146 e. The topological polar surface area (TPSA) is 21.3 Å². The van der Waals surface area contributed by atoms with E-state index < -0.39 is 5.82 Å². The van der Waals surface area contributed by atoms with E-state index in [0.717, 1.165) is 5.69 Å². The number of nitrogens with one attached hydrogen (secondary N) is 1. The van der Waals surface area contributed by atoms with Crippen LogP contribution in [0.25, 0.3) is 0 Å². The number of ether oxygens (including phenoxy) is 1. The largest absolute Gasteiger partial charge is 0.492 e. The third kappa shape index (κ3) is 3.56. The van der Waals surface area contributed by atoms with Crippen LogP contribution in [0.1, 0.15) is 12.5 Å². The molecule has 0 aromatic heterocycles. The zero-order valence-corrected chi connectivity index (χ0v) is 12.4. The molecule has 0 radical (unpaired) electrons. The maximum atomic E-state index is 13.8. The predicted molar refractivity (Wildman–Crippen MR) is 81.4 cm³/mol. The van der Waals surface area contributed by atoms with Gasteiger partial charge >= 0.3 is 0 Å². The lowest BCUT2D eigenvalue weighted by atomic mass is 10.2. The van der Waals surface area contributed by atoms with Gasteiger partial charge in [-0.05, 0) is 31.2 Å². The van der Waals surface area contributed by atoms with Crippen molar-refractivity contribution in [2.24, 2.45) is 0 Å². The Morgan fingerprint density at radius 2 is 2.00 bits per heavy atom. The van der Waals surface area contributed by atoms with E-state index in [4.69, 9.17) is 27.9 Å². The number of benzene rings is 2. The Morgan fingerprint density at radius 3 is 2.75 bits per heavy atom. The third-order valence-electron chi connectivity index (χ3n) is 2.74. The van der Waals surface area contributed by atoms with Gasteiger partial charge in [-0.15, -0.1) is 0 Å². The maximum Gasteiger partial charge on any atom is 0.146 e. The van der Waals surface area contributed by atoms with E-state index in [1.165, 1.54) is 6.07 Å². The predicted octanol–water partition coefficient (Wildman–Crippen LogP) is 5.14. The summed E-state index contributed by atoms with van der Waals surface area (Å²) >= 11 is 11.7. The van der Waals surface area contributed by atoms with Gasteiger partial charge in [0.25, 0.3) is 0 Å². The monoisotopic (exact) mass is 313 g/mol. The van der Waals surface area contributed by atoms with Crippen LogP contribution in [-0.4, -0.2) is 6.61 Å². The average Bonchev–Trinajstić information content (AvgIpc) is 2.43. The average molecular weight is 314 g/mol. The fourth-order valence-electron chi connectivity index (χ4n) is 1.80. The molecule has 2 nitrogen and oxygen atoms in total. The summed E-state index contributed by atoms with van der Waals surface area (Å²) in [5, 5.41) is 3.81. The molecular weight excluding hydrogens is 300 g/mol. The van der Waals surface area contributed by atoms with E-state index in [2.05, 4.69) is 5.32 Å². The van der Waals surface area contributed by atoms with Crippen LogP contribution in [0.3, 0.4) is 0 Å². The second kappa shape index (κ2) is 6.82. The highest BCUT2D eigenvalue weighted by molar-refractivity contribution is 6.31. The summed E-state index contributed by atoms with van der Waals surface area (Å²) in [6.45, 7) is 2.74. The summed E-state index contributed by atoms with van der Waals surface area (Å²) in [5.41, 5.74) is 1.21. The minimum Gasteiger partial charge on any atom is -0.492 e. The highest BCUT2D eigenvalue weighted by Crippen LogP contribution is 2.29. The van der Waals surface area contributed by atoms with E-state index in [-0.39, 0.29) is 5.02 Å². The van der Waals surface area contributed by atoms with Crippen LogP contribution in [0.2, 0.25) is 10.0 Å². The Labute approximate surface area is 127 Å². The fourth-order valence-corrected chi connectivity index (χ4v) is 2.16. The lowest BCUT2D eigenvalue weighted by molar-refractivity contribution is 0.341. The minimum atomic E-state index is -0.415. The molecule has 2 rings (SSSR count). The number of hydrogen-bond donors (Lipinski definition) is 1. The first-order valence-corrected chi connectivity index (χ1v) is 6.96. The van der Waals surface area contributed by atoms with Crippen molar-refractivity contribution in [2.75, 3.05) is 11.9 Å². The Balaban J connectivity index is 2.18. The van der Waals surface area contributed by atoms with Crippen molar-refractivity contribution < 1.29 is 9.13 Å². The van der Waals surface area contributed by atoms with Crippen molar-refractivity contribution in [1.82, 2.24) is 0 Å². The summed E-state index contributed by atoms with van der Waals surface area (Å²) in [6.07, 6.45) is 0. The van der Waals surface area contributed by atoms with Crippen LogP contribution < -0.4 is 10.1 Å². The van der Waals surface area contributed by atoms with Crippen LogP contribution in [0.5, 0.6) is 5.75 Å². The molecule has 0 saturated heterocycles. The first kappa shape index (κ1) is 14.9. The molecule has 1 N–H and O–H groups in total. The molecule has 0 heterocycles. The SMILES string of the molecule is CCOc1ccc(Cl)cc1NCc1cccc(Cl)c1F. The van der Waals surface area contributed by atoms with Crippen LogP contribution in [0, 0.1) is 5.82 Å². The van der Waals surface area contributed by atoms with Gasteiger partial charge in [0.05, 0.1) is 17.3 Å². The number of rotatable bonds is 5. The molecule has 0 aliphatic rings. The van der Waals surface area contributed by atoms with Crippen LogP contribution >= 0.6 is 23.2 Å². The summed E-state index contributed by atoms with van der Waals surface area (Å²) in [7, 11) is 0. The molecule has 2 aromatic rings. The second-order valence-corrected chi connectivity index (χ2v) is 4.98. The summed E-state index contributed by atoms with van der Waals surface area (Å²) in [4.78, 5) is 0. The molecule has 0 atom stereocenters. The minimum absolute atomic E-state index is 0.112. The maximum absolute atomic E-state index is 13.8. The van der Waals surface area contributed by atoms with Crippen LogP contribution in [0.4, 0.5) is 10.1 Å². The van der Waals surface area contributed by atoms with Gasteiger partial charge in [0, 0.05) is 17.1 Å². The first-order valence-electron chi connectivity index (χ1n) is 6.21. The fraction of sp³-hybridized carbons (Fsp3) is 0.200. The van der Waals surface area contributed by atoms with Gasteiger partial charge in [-0.1, -0.05) is 35.3 Å². The summed E-state index contributed by atoms with van der Waals surface area (Å²) in [5.74, 6) is 0.265. The lowest BCUT2D eigenvalue weighted by Gasteiger charge is -2.13. The quantitative estimate of drug-likeness (QED) is 0.824. The van der Waals surface area contributed by atoms with Crippen LogP contribution in [-0.2, 0) is 6.54 Å². The molecule has 20 heavy (non-hydrogen) atoms. The van der Waals surface area contributed by atoms with Crippen molar-refractivity contribution in [3.05, 3.63) is 57.8 Å². The lowest BCUT2D eigenvalue weighted by Crippen LogP contribution is -2.04.